The van der Waals surface area contributed by atoms with Crippen molar-refractivity contribution in [2.75, 3.05) is 39.3 Å². The third kappa shape index (κ3) is 7.52. The SMILES string of the molecule is O=C(C(=O)N1CCCC1c1ncc(-c2ccc(-c3ccc(-c4cnc(C5CCCN5C(=O)C(=O)N5CCC(F)(F)CC5)[nH]4)cc3)cc2)[nH]1)N1CCC(F)(F)CC1. The van der Waals surface area contributed by atoms with Gasteiger partial charge in [-0.15, -0.1) is 0 Å². The fourth-order valence-corrected chi connectivity index (χ4v) is 8.17. The number of hydrogen-bond donors (Lipinski definition) is 2. The van der Waals surface area contributed by atoms with E-state index in [2.05, 4.69) is 19.9 Å². The number of likely N-dealkylation sites (tertiary alicyclic amines) is 4. The van der Waals surface area contributed by atoms with Crippen molar-refractivity contribution in [3.63, 3.8) is 0 Å². The first-order valence-corrected chi connectivity index (χ1v) is 19.1. The van der Waals surface area contributed by atoms with Crippen LogP contribution in [0.1, 0.15) is 75.1 Å². The van der Waals surface area contributed by atoms with Crippen molar-refractivity contribution >= 4 is 23.6 Å². The Hall–Kier alpha value is -5.54. The molecule has 2 aromatic heterocycles. The van der Waals surface area contributed by atoms with E-state index in [9.17, 15) is 36.7 Å². The molecule has 4 aliphatic rings. The molecule has 0 spiro atoms. The molecule has 8 rings (SSSR count). The Labute approximate surface area is 320 Å². The van der Waals surface area contributed by atoms with Gasteiger partial charge in [-0.2, -0.15) is 0 Å². The summed E-state index contributed by atoms with van der Waals surface area (Å²) in [6, 6.07) is 15.0. The van der Waals surface area contributed by atoms with Crippen LogP contribution in [-0.2, 0) is 19.2 Å². The van der Waals surface area contributed by atoms with Gasteiger partial charge in [0.15, 0.2) is 0 Å². The van der Waals surface area contributed by atoms with Crippen molar-refractivity contribution in [1.29, 1.82) is 0 Å². The number of alkyl halides is 4. The summed E-state index contributed by atoms with van der Waals surface area (Å²) in [5, 5.41) is 0. The van der Waals surface area contributed by atoms with Gasteiger partial charge in [0.05, 0.1) is 35.9 Å². The lowest BCUT2D eigenvalue weighted by atomic mass is 10.0. The number of imidazole rings is 2. The van der Waals surface area contributed by atoms with Gasteiger partial charge in [-0.3, -0.25) is 19.2 Å². The predicted octanol–water partition coefficient (Wildman–Crippen LogP) is 5.98. The van der Waals surface area contributed by atoms with E-state index in [4.69, 9.17) is 0 Å². The lowest BCUT2D eigenvalue weighted by Gasteiger charge is -2.33. The van der Waals surface area contributed by atoms with E-state index in [1.54, 1.807) is 12.4 Å². The number of carbonyl (C=O) groups is 4. The van der Waals surface area contributed by atoms with Crippen molar-refractivity contribution in [2.45, 2.75) is 75.3 Å². The zero-order valence-corrected chi connectivity index (χ0v) is 30.7. The van der Waals surface area contributed by atoms with Crippen LogP contribution in [0.5, 0.6) is 0 Å². The second-order valence-corrected chi connectivity index (χ2v) is 15.1. The smallest absolute Gasteiger partial charge is 0.312 e. The van der Waals surface area contributed by atoms with Crippen LogP contribution in [0.4, 0.5) is 17.6 Å². The van der Waals surface area contributed by atoms with E-state index in [1.165, 1.54) is 19.6 Å². The third-order valence-electron chi connectivity index (χ3n) is 11.5. The average Bonchev–Trinajstić information content (AvgIpc) is 4.04. The minimum atomic E-state index is -2.81. The Bertz CT molecular complexity index is 1950. The van der Waals surface area contributed by atoms with E-state index in [-0.39, 0.29) is 26.2 Å². The molecule has 0 bridgehead atoms. The van der Waals surface area contributed by atoms with Crippen LogP contribution in [0.3, 0.4) is 0 Å². The van der Waals surface area contributed by atoms with Crippen molar-refractivity contribution in [3.8, 4) is 33.6 Å². The van der Waals surface area contributed by atoms with Gasteiger partial charge in [0, 0.05) is 65.0 Å². The zero-order chi connectivity index (χ0) is 39.2. The molecule has 2 atom stereocenters. The molecule has 2 N–H and O–H groups in total. The van der Waals surface area contributed by atoms with Gasteiger partial charge in [0.25, 0.3) is 11.8 Å². The van der Waals surface area contributed by atoms with Gasteiger partial charge in [-0.25, -0.2) is 27.5 Å². The quantitative estimate of drug-likeness (QED) is 0.189. The minimum absolute atomic E-state index is 0.140. The van der Waals surface area contributed by atoms with E-state index in [0.717, 1.165) is 33.6 Å². The number of rotatable bonds is 5. The summed E-state index contributed by atoms with van der Waals surface area (Å²) in [6.07, 6.45) is 4.28. The number of aromatic nitrogens is 4. The standard InChI is InChI=1S/C40H42F4N8O4/c41-39(42)13-19-49(20-14-39)35(53)37(55)51-17-1-3-31(51)33-45-23-29(47-33)27-9-5-25(6-10-27)26-7-11-28(12-8-26)30-24-46-34(48-30)32-4-2-18-52(32)38(56)36(54)50-21-15-40(43,44)16-22-50/h5-12,23-24,31-32H,1-4,13-22H2,(H,45,47)(H,46,48). The van der Waals surface area contributed by atoms with Crippen molar-refractivity contribution in [3.05, 3.63) is 72.6 Å². The monoisotopic (exact) mass is 774 g/mol. The molecular weight excluding hydrogens is 732 g/mol. The van der Waals surface area contributed by atoms with Crippen LogP contribution in [0.25, 0.3) is 33.6 Å². The van der Waals surface area contributed by atoms with E-state index >= 15 is 0 Å². The maximum absolute atomic E-state index is 13.6. The van der Waals surface area contributed by atoms with Crippen LogP contribution in [0.2, 0.25) is 0 Å². The Morgan fingerprint density at radius 1 is 0.518 bits per heavy atom. The van der Waals surface area contributed by atoms with Crippen molar-refractivity contribution < 1.29 is 36.7 Å². The zero-order valence-electron chi connectivity index (χ0n) is 30.7. The number of aromatic amines is 2. The number of H-pyrrole nitrogens is 2. The molecule has 0 saturated carbocycles. The summed E-state index contributed by atoms with van der Waals surface area (Å²) in [7, 11) is 0. The molecule has 0 aliphatic carbocycles. The number of hydrogen-bond acceptors (Lipinski definition) is 6. The number of amides is 4. The second kappa shape index (κ2) is 14.8. The predicted molar refractivity (Wildman–Crippen MR) is 196 cm³/mol. The normalized spacial score (nSPS) is 22.1. The molecule has 2 unspecified atom stereocenters. The molecule has 4 aliphatic heterocycles. The number of nitrogens with one attached hydrogen (secondary N) is 2. The first kappa shape index (κ1) is 37.4. The summed E-state index contributed by atoms with van der Waals surface area (Å²) in [4.78, 5) is 73.3. The molecule has 4 saturated heterocycles. The molecule has 294 valence electrons. The second-order valence-electron chi connectivity index (χ2n) is 15.1. The van der Waals surface area contributed by atoms with E-state index < -0.39 is 73.2 Å². The number of carbonyl (C=O) groups excluding carboxylic acids is 4. The Kier molecular flexibility index (Phi) is 9.91. The van der Waals surface area contributed by atoms with Crippen molar-refractivity contribution in [2.24, 2.45) is 0 Å². The van der Waals surface area contributed by atoms with Crippen LogP contribution in [0.15, 0.2) is 60.9 Å². The first-order valence-electron chi connectivity index (χ1n) is 19.1. The largest absolute Gasteiger partial charge is 0.340 e. The topological polar surface area (TPSA) is 139 Å². The summed E-state index contributed by atoms with van der Waals surface area (Å²) < 4.78 is 54.4. The molecule has 56 heavy (non-hydrogen) atoms. The molecule has 4 aromatic rings. The maximum atomic E-state index is 13.6. The van der Waals surface area contributed by atoms with Crippen LogP contribution in [0, 0.1) is 0 Å². The number of nitrogens with zero attached hydrogens (tertiary/aromatic N) is 6. The van der Waals surface area contributed by atoms with Crippen LogP contribution < -0.4 is 0 Å². The highest BCUT2D eigenvalue weighted by molar-refractivity contribution is 6.35. The van der Waals surface area contributed by atoms with E-state index in [1.807, 2.05) is 48.5 Å². The molecular formula is C40H42F4N8O4. The number of halogens is 4. The van der Waals surface area contributed by atoms with Crippen LogP contribution >= 0.6 is 0 Å². The maximum Gasteiger partial charge on any atom is 0.312 e. The fourth-order valence-electron chi connectivity index (χ4n) is 8.17. The average molecular weight is 775 g/mol. The molecule has 6 heterocycles. The Balaban J connectivity index is 0.887. The highest BCUT2D eigenvalue weighted by atomic mass is 19.3. The van der Waals surface area contributed by atoms with Crippen molar-refractivity contribution in [1.82, 2.24) is 39.5 Å². The van der Waals surface area contributed by atoms with Gasteiger partial charge in [-0.1, -0.05) is 48.5 Å². The Morgan fingerprint density at radius 2 is 0.857 bits per heavy atom. The van der Waals surface area contributed by atoms with Gasteiger partial charge >= 0.3 is 23.6 Å². The summed E-state index contributed by atoms with van der Waals surface area (Å²) in [5.41, 5.74) is 5.23. The molecule has 0 radical (unpaired) electrons. The summed E-state index contributed by atoms with van der Waals surface area (Å²) in [6.45, 7) is 0.217. The molecule has 12 nitrogen and oxygen atoms in total. The van der Waals surface area contributed by atoms with Gasteiger partial charge < -0.3 is 29.6 Å². The molecule has 2 aromatic carbocycles. The number of piperidine rings is 2. The lowest BCUT2D eigenvalue weighted by Crippen LogP contribution is -2.49. The molecule has 4 fully saturated rings. The Morgan fingerprint density at radius 3 is 1.21 bits per heavy atom. The fraction of sp³-hybridized carbons (Fsp3) is 0.450. The van der Waals surface area contributed by atoms with E-state index in [0.29, 0.717) is 50.4 Å². The van der Waals surface area contributed by atoms with Gasteiger partial charge in [-0.05, 0) is 47.9 Å². The lowest BCUT2D eigenvalue weighted by molar-refractivity contribution is -0.155. The summed E-state index contributed by atoms with van der Waals surface area (Å²) in [5.74, 6) is -7.35. The first-order chi connectivity index (χ1) is 26.9. The van der Waals surface area contributed by atoms with Gasteiger partial charge in [0.1, 0.15) is 11.6 Å². The van der Waals surface area contributed by atoms with Gasteiger partial charge in [0.2, 0.25) is 0 Å². The molecule has 16 heteroatoms. The highest BCUT2D eigenvalue weighted by Gasteiger charge is 2.42. The summed E-state index contributed by atoms with van der Waals surface area (Å²) >= 11 is 0. The number of benzene rings is 2. The van der Waals surface area contributed by atoms with Crippen LogP contribution in [-0.4, -0.2) is 114 Å². The highest BCUT2D eigenvalue weighted by Crippen LogP contribution is 2.36. The third-order valence-corrected chi connectivity index (χ3v) is 11.5. The minimum Gasteiger partial charge on any atom is -0.340 e. The molecule has 4 amide bonds.